The molecule has 2 saturated carbocycles. The van der Waals surface area contributed by atoms with Crippen molar-refractivity contribution in [3.8, 4) is 0 Å². The van der Waals surface area contributed by atoms with Crippen LogP contribution in [0.2, 0.25) is 0 Å². The maximum Gasteiger partial charge on any atom is 0.159 e. The molecule has 2 aliphatic carbocycles. The van der Waals surface area contributed by atoms with E-state index >= 15 is 0 Å². The first-order valence-corrected chi connectivity index (χ1v) is 9.96. The molecule has 1 N–H and O–H groups in total. The first-order chi connectivity index (χ1) is 11.6. The van der Waals surface area contributed by atoms with Crippen LogP contribution in [0.25, 0.3) is 0 Å². The number of Topliss-reactive ketones (excluding diaryl/α,β-unsaturated/α-hetero) is 1. The summed E-state index contributed by atoms with van der Waals surface area (Å²) in [6.07, 6.45) is 12.5. The second-order valence-corrected chi connectivity index (χ2v) is 8.67. The maximum absolute atomic E-state index is 11.6. The zero-order valence-electron chi connectivity index (χ0n) is 15.1. The van der Waals surface area contributed by atoms with Gasteiger partial charge in [0.05, 0.1) is 0 Å². The van der Waals surface area contributed by atoms with Gasteiger partial charge in [0.15, 0.2) is 5.78 Å². The zero-order valence-corrected chi connectivity index (χ0v) is 15.1. The number of piperidine rings is 1. The highest BCUT2D eigenvalue weighted by molar-refractivity contribution is 5.94. The van der Waals surface area contributed by atoms with E-state index in [0.717, 1.165) is 11.5 Å². The lowest BCUT2D eigenvalue weighted by Gasteiger charge is -2.54. The highest BCUT2D eigenvalue weighted by Crippen LogP contribution is 2.57. The largest absolute Gasteiger partial charge is 0.317 e. The van der Waals surface area contributed by atoms with Crippen LogP contribution in [0.4, 0.5) is 0 Å². The Balaban J connectivity index is 1.59. The van der Waals surface area contributed by atoms with Crippen LogP contribution in [0.1, 0.15) is 80.6 Å². The summed E-state index contributed by atoms with van der Waals surface area (Å²) in [5.74, 6) is 1.05. The van der Waals surface area contributed by atoms with Gasteiger partial charge in [-0.15, -0.1) is 0 Å². The minimum absolute atomic E-state index is 0.177. The Morgan fingerprint density at radius 1 is 0.958 bits per heavy atom. The van der Waals surface area contributed by atoms with Crippen molar-refractivity contribution in [2.24, 2.45) is 11.3 Å². The molecule has 24 heavy (non-hydrogen) atoms. The van der Waals surface area contributed by atoms with Gasteiger partial charge in [0.2, 0.25) is 0 Å². The fourth-order valence-electron chi connectivity index (χ4n) is 5.61. The number of rotatable bonds is 3. The summed E-state index contributed by atoms with van der Waals surface area (Å²) < 4.78 is 0. The number of hydrogen-bond acceptors (Lipinski definition) is 2. The van der Waals surface area contributed by atoms with Crippen LogP contribution in [0.3, 0.4) is 0 Å². The summed E-state index contributed by atoms with van der Waals surface area (Å²) in [7, 11) is 0. The molecule has 1 spiro atoms. The molecule has 0 atom stereocenters. The Labute approximate surface area is 146 Å². The van der Waals surface area contributed by atoms with Crippen molar-refractivity contribution in [1.29, 1.82) is 0 Å². The lowest BCUT2D eigenvalue weighted by atomic mass is 9.51. The highest BCUT2D eigenvalue weighted by atomic mass is 16.1. The van der Waals surface area contributed by atoms with Crippen LogP contribution in [0, 0.1) is 11.3 Å². The SMILES string of the molecule is CC(=O)c1ccc(C2(C3CCC3)CCC3(CCNCC3)CC2)cc1. The van der Waals surface area contributed by atoms with Crippen molar-refractivity contribution in [3.05, 3.63) is 35.4 Å². The number of hydrogen-bond donors (Lipinski definition) is 1. The second-order valence-electron chi connectivity index (χ2n) is 8.67. The van der Waals surface area contributed by atoms with Gasteiger partial charge in [-0.2, -0.15) is 0 Å². The maximum atomic E-state index is 11.6. The molecule has 2 nitrogen and oxygen atoms in total. The van der Waals surface area contributed by atoms with Gasteiger partial charge in [-0.05, 0) is 93.7 Å². The third kappa shape index (κ3) is 2.73. The molecule has 1 heterocycles. The minimum atomic E-state index is 0.177. The second kappa shape index (κ2) is 6.29. The van der Waals surface area contributed by atoms with E-state index in [0.29, 0.717) is 10.8 Å². The number of carbonyl (C=O) groups excluding carboxylic acids is 1. The number of ketones is 1. The summed E-state index contributed by atoms with van der Waals surface area (Å²) in [4.78, 5) is 11.6. The number of nitrogens with one attached hydrogen (secondary N) is 1. The molecule has 1 aliphatic heterocycles. The van der Waals surface area contributed by atoms with Crippen molar-refractivity contribution in [2.45, 2.75) is 70.1 Å². The smallest absolute Gasteiger partial charge is 0.159 e. The van der Waals surface area contributed by atoms with Gasteiger partial charge in [0.25, 0.3) is 0 Å². The quantitative estimate of drug-likeness (QED) is 0.803. The van der Waals surface area contributed by atoms with Crippen molar-refractivity contribution in [2.75, 3.05) is 13.1 Å². The summed E-state index contributed by atoms with van der Waals surface area (Å²) in [5.41, 5.74) is 3.38. The van der Waals surface area contributed by atoms with Gasteiger partial charge < -0.3 is 5.32 Å². The molecular weight excluding hydrogens is 294 g/mol. The van der Waals surface area contributed by atoms with E-state index in [1.54, 1.807) is 6.92 Å². The number of benzene rings is 1. The third-order valence-corrected chi connectivity index (χ3v) is 7.62. The molecule has 1 aromatic carbocycles. The van der Waals surface area contributed by atoms with Gasteiger partial charge in [-0.25, -0.2) is 0 Å². The van der Waals surface area contributed by atoms with Gasteiger partial charge in [0.1, 0.15) is 0 Å². The summed E-state index contributed by atoms with van der Waals surface area (Å²) in [6.45, 7) is 4.09. The molecule has 130 valence electrons. The predicted molar refractivity (Wildman–Crippen MR) is 98.5 cm³/mol. The van der Waals surface area contributed by atoms with Gasteiger partial charge >= 0.3 is 0 Å². The van der Waals surface area contributed by atoms with Crippen LogP contribution < -0.4 is 5.32 Å². The van der Waals surface area contributed by atoms with Gasteiger partial charge in [-0.3, -0.25) is 4.79 Å². The van der Waals surface area contributed by atoms with E-state index in [1.165, 1.54) is 76.4 Å². The first-order valence-electron chi connectivity index (χ1n) is 9.96. The van der Waals surface area contributed by atoms with Crippen LogP contribution in [0.5, 0.6) is 0 Å². The van der Waals surface area contributed by atoms with Gasteiger partial charge in [0, 0.05) is 5.56 Å². The topological polar surface area (TPSA) is 29.1 Å². The molecule has 0 bridgehead atoms. The Hall–Kier alpha value is -1.15. The zero-order chi connectivity index (χ0) is 16.6. The van der Waals surface area contributed by atoms with Crippen molar-refractivity contribution < 1.29 is 4.79 Å². The summed E-state index contributed by atoms with van der Waals surface area (Å²) in [6, 6.07) is 8.67. The molecule has 3 fully saturated rings. The van der Waals surface area contributed by atoms with Crippen molar-refractivity contribution in [3.63, 3.8) is 0 Å². The van der Waals surface area contributed by atoms with Crippen molar-refractivity contribution >= 4 is 5.78 Å². The summed E-state index contributed by atoms with van der Waals surface area (Å²) >= 11 is 0. The average Bonchev–Trinajstić information content (AvgIpc) is 2.57. The summed E-state index contributed by atoms with van der Waals surface area (Å²) in [5, 5.41) is 3.54. The molecule has 0 radical (unpaired) electrons. The van der Waals surface area contributed by atoms with E-state index in [2.05, 4.69) is 29.6 Å². The standard InChI is InChI=1S/C22H31NO/c1-17(24)18-5-7-20(8-6-18)22(19-3-2-4-19)11-9-21(10-12-22)13-15-23-16-14-21/h5-8,19,23H,2-4,9-16H2,1H3. The van der Waals surface area contributed by atoms with E-state index in [9.17, 15) is 4.79 Å². The lowest BCUT2D eigenvalue weighted by molar-refractivity contribution is 0.0360. The minimum Gasteiger partial charge on any atom is -0.317 e. The molecule has 2 heteroatoms. The first kappa shape index (κ1) is 16.3. The van der Waals surface area contributed by atoms with E-state index < -0.39 is 0 Å². The molecule has 0 aromatic heterocycles. The Morgan fingerprint density at radius 2 is 1.58 bits per heavy atom. The number of carbonyl (C=O) groups is 1. The molecule has 3 aliphatic rings. The Morgan fingerprint density at radius 3 is 2.08 bits per heavy atom. The van der Waals surface area contributed by atoms with Crippen LogP contribution in [-0.4, -0.2) is 18.9 Å². The van der Waals surface area contributed by atoms with Crippen LogP contribution in [0.15, 0.2) is 24.3 Å². The van der Waals surface area contributed by atoms with Gasteiger partial charge in [-0.1, -0.05) is 30.7 Å². The Kier molecular flexibility index (Phi) is 4.28. The van der Waals surface area contributed by atoms with E-state index in [4.69, 9.17) is 0 Å². The van der Waals surface area contributed by atoms with Crippen molar-refractivity contribution in [1.82, 2.24) is 5.32 Å². The molecule has 1 aromatic rings. The Bertz CT molecular complexity index is 583. The highest BCUT2D eigenvalue weighted by Gasteiger charge is 2.49. The lowest BCUT2D eigenvalue weighted by Crippen LogP contribution is -2.47. The van der Waals surface area contributed by atoms with E-state index in [-0.39, 0.29) is 5.78 Å². The average molecular weight is 325 g/mol. The molecule has 4 rings (SSSR count). The molecule has 0 unspecified atom stereocenters. The normalized spacial score (nSPS) is 26.0. The molecule has 1 saturated heterocycles. The van der Waals surface area contributed by atoms with Crippen LogP contribution in [-0.2, 0) is 5.41 Å². The monoisotopic (exact) mass is 325 g/mol. The molecule has 0 amide bonds. The third-order valence-electron chi connectivity index (χ3n) is 7.62. The predicted octanol–water partition coefficient (Wildman–Crippen LogP) is 4.87. The fraction of sp³-hybridized carbons (Fsp3) is 0.682. The molecular formula is C22H31NO. The van der Waals surface area contributed by atoms with E-state index in [1.807, 2.05) is 0 Å². The van der Waals surface area contributed by atoms with Crippen LogP contribution >= 0.6 is 0 Å². The fourth-order valence-corrected chi connectivity index (χ4v) is 5.61.